The molecule has 1 aromatic rings. The van der Waals surface area contributed by atoms with E-state index in [1.54, 1.807) is 7.11 Å². The Kier molecular flexibility index (Phi) is 7.95. The molecule has 1 atom stereocenters. The summed E-state index contributed by atoms with van der Waals surface area (Å²) in [6.45, 7) is 19.9. The topological polar surface area (TPSA) is 35.5 Å². The Bertz CT molecular complexity index is 630. The molecule has 0 aliphatic carbocycles. The van der Waals surface area contributed by atoms with E-state index in [-0.39, 0.29) is 22.7 Å². The van der Waals surface area contributed by atoms with Gasteiger partial charge in [0.15, 0.2) is 0 Å². The zero-order valence-corrected chi connectivity index (χ0v) is 19.2. The molecular weight excluding hydrogens is 336 g/mol. The van der Waals surface area contributed by atoms with Crippen LogP contribution in [0.5, 0.6) is 5.75 Å². The summed E-state index contributed by atoms with van der Waals surface area (Å²) in [6, 6.07) is 4.49. The second-order valence-electron chi connectivity index (χ2n) is 10.00. The van der Waals surface area contributed by atoms with Gasteiger partial charge in [0.1, 0.15) is 5.75 Å². The third-order valence-corrected chi connectivity index (χ3v) is 4.89. The summed E-state index contributed by atoms with van der Waals surface area (Å²) < 4.78 is 11.2. The van der Waals surface area contributed by atoms with Crippen molar-refractivity contribution in [3.05, 3.63) is 28.8 Å². The third kappa shape index (κ3) is 6.55. The lowest BCUT2D eigenvalue weighted by Crippen LogP contribution is -2.24. The number of hydrogen-bond acceptors (Lipinski definition) is 3. The molecule has 0 aliphatic rings. The molecule has 3 nitrogen and oxygen atoms in total. The van der Waals surface area contributed by atoms with Gasteiger partial charge in [-0.15, -0.1) is 0 Å². The molecular formula is C24H40O3. The minimum absolute atomic E-state index is 0.0263. The zero-order chi connectivity index (χ0) is 21.0. The van der Waals surface area contributed by atoms with Crippen molar-refractivity contribution in [2.45, 2.75) is 86.0 Å². The van der Waals surface area contributed by atoms with Gasteiger partial charge in [0.2, 0.25) is 0 Å². The molecule has 154 valence electrons. The summed E-state index contributed by atoms with van der Waals surface area (Å²) >= 11 is 0. The molecule has 0 amide bonds. The highest BCUT2D eigenvalue weighted by Gasteiger charge is 2.29. The van der Waals surface area contributed by atoms with Crippen LogP contribution in [-0.4, -0.2) is 19.7 Å². The van der Waals surface area contributed by atoms with Crippen molar-refractivity contribution in [3.63, 3.8) is 0 Å². The van der Waals surface area contributed by atoms with E-state index in [0.717, 1.165) is 17.7 Å². The van der Waals surface area contributed by atoms with Crippen molar-refractivity contribution in [3.8, 4) is 5.75 Å². The monoisotopic (exact) mass is 376 g/mol. The predicted molar refractivity (Wildman–Crippen MR) is 114 cm³/mol. The number of rotatable bonds is 7. The highest BCUT2D eigenvalue weighted by molar-refractivity contribution is 5.73. The molecule has 0 fully saturated rings. The van der Waals surface area contributed by atoms with Crippen molar-refractivity contribution >= 4 is 5.97 Å². The average Bonchev–Trinajstić information content (AvgIpc) is 2.51. The fraction of sp³-hybridized carbons (Fsp3) is 0.708. The highest BCUT2D eigenvalue weighted by atomic mass is 16.5. The number of carbonyl (C=O) groups is 1. The fourth-order valence-electron chi connectivity index (χ4n) is 3.43. The largest absolute Gasteiger partial charge is 0.496 e. The first kappa shape index (κ1) is 23.5. The number of methoxy groups -OCH3 is 1. The van der Waals surface area contributed by atoms with E-state index in [4.69, 9.17) is 9.47 Å². The minimum Gasteiger partial charge on any atom is -0.496 e. The van der Waals surface area contributed by atoms with Crippen LogP contribution in [0.1, 0.15) is 85.4 Å². The fourth-order valence-corrected chi connectivity index (χ4v) is 3.43. The number of carbonyl (C=O) groups excluding carboxylic acids is 1. The molecule has 0 saturated heterocycles. The minimum atomic E-state index is -0.151. The zero-order valence-electron chi connectivity index (χ0n) is 19.2. The molecule has 3 heteroatoms. The van der Waals surface area contributed by atoms with Gasteiger partial charge in [0.25, 0.3) is 0 Å². The molecule has 27 heavy (non-hydrogen) atoms. The summed E-state index contributed by atoms with van der Waals surface area (Å²) in [5.41, 5.74) is 3.56. The Morgan fingerprint density at radius 2 is 1.63 bits per heavy atom. The van der Waals surface area contributed by atoms with Gasteiger partial charge in [0, 0.05) is 5.56 Å². The van der Waals surface area contributed by atoms with Crippen LogP contribution in [0.25, 0.3) is 0 Å². The first-order chi connectivity index (χ1) is 12.3. The highest BCUT2D eigenvalue weighted by Crippen LogP contribution is 2.39. The van der Waals surface area contributed by atoms with Crippen LogP contribution in [0, 0.1) is 11.8 Å². The summed E-state index contributed by atoms with van der Waals surface area (Å²) in [6.07, 6.45) is 1.46. The quantitative estimate of drug-likeness (QED) is 0.543. The predicted octanol–water partition coefficient (Wildman–Crippen LogP) is 6.06. The first-order valence-electron chi connectivity index (χ1n) is 10.2. The van der Waals surface area contributed by atoms with Crippen molar-refractivity contribution in [2.24, 2.45) is 11.8 Å². The van der Waals surface area contributed by atoms with Gasteiger partial charge >= 0.3 is 5.97 Å². The van der Waals surface area contributed by atoms with Crippen LogP contribution < -0.4 is 4.74 Å². The molecule has 0 N–H and O–H groups in total. The molecule has 1 rings (SSSR count). The van der Waals surface area contributed by atoms with E-state index in [9.17, 15) is 4.79 Å². The SMILES string of the molecule is CCOC(=O)C(Cc1cc(C(C)(C)C)cc(C(C)(C)C)c1OC)CC(C)C. The van der Waals surface area contributed by atoms with Gasteiger partial charge in [-0.1, -0.05) is 67.5 Å². The molecule has 1 aromatic carbocycles. The van der Waals surface area contributed by atoms with Gasteiger partial charge in [-0.3, -0.25) is 4.79 Å². The number of hydrogen-bond donors (Lipinski definition) is 0. The second-order valence-corrected chi connectivity index (χ2v) is 10.00. The van der Waals surface area contributed by atoms with Gasteiger partial charge in [0.05, 0.1) is 19.6 Å². The number of esters is 1. The van der Waals surface area contributed by atoms with Crippen LogP contribution in [0.15, 0.2) is 12.1 Å². The summed E-state index contributed by atoms with van der Waals surface area (Å²) in [5, 5.41) is 0. The van der Waals surface area contributed by atoms with Crippen LogP contribution in [0.3, 0.4) is 0 Å². The lowest BCUT2D eigenvalue weighted by Gasteiger charge is -2.29. The molecule has 0 bridgehead atoms. The number of ether oxygens (including phenoxy) is 2. The maximum absolute atomic E-state index is 12.6. The molecule has 0 radical (unpaired) electrons. The molecule has 0 saturated carbocycles. The second kappa shape index (κ2) is 9.12. The van der Waals surface area contributed by atoms with E-state index in [2.05, 4.69) is 67.5 Å². The van der Waals surface area contributed by atoms with Gasteiger partial charge in [-0.25, -0.2) is 0 Å². The van der Waals surface area contributed by atoms with E-state index in [1.165, 1.54) is 11.1 Å². The molecule has 1 unspecified atom stereocenters. The van der Waals surface area contributed by atoms with E-state index < -0.39 is 0 Å². The van der Waals surface area contributed by atoms with E-state index in [1.807, 2.05) is 6.92 Å². The van der Waals surface area contributed by atoms with Crippen molar-refractivity contribution in [1.29, 1.82) is 0 Å². The molecule has 0 aliphatic heterocycles. The Balaban J connectivity index is 3.51. The van der Waals surface area contributed by atoms with Crippen molar-refractivity contribution in [1.82, 2.24) is 0 Å². The average molecular weight is 377 g/mol. The molecule has 0 heterocycles. The lowest BCUT2D eigenvalue weighted by atomic mass is 9.77. The normalized spacial score (nSPS) is 13.6. The number of benzene rings is 1. The van der Waals surface area contributed by atoms with Crippen molar-refractivity contribution < 1.29 is 14.3 Å². The van der Waals surface area contributed by atoms with Crippen LogP contribution in [-0.2, 0) is 26.8 Å². The Labute approximate surface area is 166 Å². The van der Waals surface area contributed by atoms with Gasteiger partial charge < -0.3 is 9.47 Å². The summed E-state index contributed by atoms with van der Waals surface area (Å²) in [7, 11) is 1.73. The van der Waals surface area contributed by atoms with Crippen LogP contribution >= 0.6 is 0 Å². The maximum Gasteiger partial charge on any atom is 0.309 e. The van der Waals surface area contributed by atoms with Crippen LogP contribution in [0.2, 0.25) is 0 Å². The standard InChI is InChI=1S/C24H40O3/c1-11-27-22(25)18(12-16(2)3)13-17-14-19(23(4,5)6)15-20(21(17)26-10)24(7,8)9/h14-16,18H,11-13H2,1-10H3. The Hall–Kier alpha value is -1.51. The Morgan fingerprint density at radius 3 is 2.04 bits per heavy atom. The van der Waals surface area contributed by atoms with Gasteiger partial charge in [-0.05, 0) is 47.6 Å². The summed E-state index contributed by atoms with van der Waals surface area (Å²) in [4.78, 5) is 12.6. The van der Waals surface area contributed by atoms with Crippen LogP contribution in [0.4, 0.5) is 0 Å². The van der Waals surface area contributed by atoms with Crippen molar-refractivity contribution in [2.75, 3.05) is 13.7 Å². The third-order valence-electron chi connectivity index (χ3n) is 4.89. The lowest BCUT2D eigenvalue weighted by molar-refractivity contribution is -0.148. The maximum atomic E-state index is 12.6. The smallest absolute Gasteiger partial charge is 0.309 e. The Morgan fingerprint density at radius 1 is 1.04 bits per heavy atom. The molecule has 0 spiro atoms. The summed E-state index contributed by atoms with van der Waals surface area (Å²) in [5.74, 6) is 1.08. The first-order valence-corrected chi connectivity index (χ1v) is 10.2. The van der Waals surface area contributed by atoms with E-state index >= 15 is 0 Å². The van der Waals surface area contributed by atoms with Gasteiger partial charge in [-0.2, -0.15) is 0 Å². The molecule has 0 aromatic heterocycles. The van der Waals surface area contributed by atoms with E-state index in [0.29, 0.717) is 18.9 Å².